The van der Waals surface area contributed by atoms with E-state index in [1.807, 2.05) is 11.8 Å². The summed E-state index contributed by atoms with van der Waals surface area (Å²) in [5, 5.41) is 0. The number of methoxy groups -OCH3 is 1. The standard InChI is InChI=1S/C22H28FN3O4/c1-15-19(24-21(30-15)17-3-4-18(23)20(13-17)28-2)14-25-7-5-16(6-8-25)22(27)26-9-11-29-12-10-26/h3-4,13,16H,5-12,14H2,1-2H3. The highest BCUT2D eigenvalue weighted by Gasteiger charge is 2.30. The summed E-state index contributed by atoms with van der Waals surface area (Å²) in [6.45, 7) is 6.95. The van der Waals surface area contributed by atoms with E-state index in [1.165, 1.54) is 13.2 Å². The first-order chi connectivity index (χ1) is 14.5. The monoisotopic (exact) mass is 417 g/mol. The quantitative estimate of drug-likeness (QED) is 0.745. The summed E-state index contributed by atoms with van der Waals surface area (Å²) in [5.41, 5.74) is 1.55. The fourth-order valence-corrected chi connectivity index (χ4v) is 4.08. The van der Waals surface area contributed by atoms with Gasteiger partial charge in [0, 0.05) is 31.1 Å². The van der Waals surface area contributed by atoms with E-state index in [1.54, 1.807) is 12.1 Å². The van der Waals surface area contributed by atoms with Gasteiger partial charge in [-0.15, -0.1) is 0 Å². The van der Waals surface area contributed by atoms with Crippen molar-refractivity contribution < 1.29 is 23.1 Å². The number of oxazole rings is 1. The number of aromatic nitrogens is 1. The van der Waals surface area contributed by atoms with Crippen molar-refractivity contribution in [2.75, 3.05) is 46.5 Å². The Hall–Kier alpha value is -2.45. The Kier molecular flexibility index (Phi) is 6.34. The number of nitrogens with zero attached hydrogens (tertiary/aromatic N) is 3. The minimum atomic E-state index is -0.417. The molecule has 0 radical (unpaired) electrons. The first-order valence-electron chi connectivity index (χ1n) is 10.4. The molecule has 0 atom stereocenters. The fourth-order valence-electron chi connectivity index (χ4n) is 4.08. The second-order valence-electron chi connectivity index (χ2n) is 7.86. The van der Waals surface area contributed by atoms with Crippen molar-refractivity contribution >= 4 is 5.91 Å². The van der Waals surface area contributed by atoms with E-state index in [9.17, 15) is 9.18 Å². The van der Waals surface area contributed by atoms with Gasteiger partial charge < -0.3 is 18.8 Å². The lowest BCUT2D eigenvalue weighted by Gasteiger charge is -2.35. The van der Waals surface area contributed by atoms with Crippen molar-refractivity contribution in [2.24, 2.45) is 5.92 Å². The Balaban J connectivity index is 1.36. The summed E-state index contributed by atoms with van der Waals surface area (Å²) in [4.78, 5) is 21.6. The first kappa shape index (κ1) is 20.8. The summed E-state index contributed by atoms with van der Waals surface area (Å²) in [7, 11) is 1.43. The third-order valence-corrected chi connectivity index (χ3v) is 5.92. The summed E-state index contributed by atoms with van der Waals surface area (Å²) >= 11 is 0. The van der Waals surface area contributed by atoms with Crippen LogP contribution in [0.1, 0.15) is 24.3 Å². The number of morpholine rings is 1. The van der Waals surface area contributed by atoms with Crippen LogP contribution in [0.3, 0.4) is 0 Å². The zero-order valence-corrected chi connectivity index (χ0v) is 17.5. The van der Waals surface area contributed by atoms with Crippen molar-refractivity contribution in [2.45, 2.75) is 26.3 Å². The predicted molar refractivity (Wildman–Crippen MR) is 109 cm³/mol. The van der Waals surface area contributed by atoms with Gasteiger partial charge in [0.1, 0.15) is 5.76 Å². The van der Waals surface area contributed by atoms with Crippen LogP contribution in [0.5, 0.6) is 5.75 Å². The predicted octanol–water partition coefficient (Wildman–Crippen LogP) is 2.87. The summed E-state index contributed by atoms with van der Waals surface area (Å²) in [5.74, 6) is 1.32. The average molecular weight is 417 g/mol. The maximum absolute atomic E-state index is 13.7. The van der Waals surface area contributed by atoms with Gasteiger partial charge in [0.15, 0.2) is 11.6 Å². The zero-order valence-electron chi connectivity index (χ0n) is 17.5. The number of benzene rings is 1. The average Bonchev–Trinajstić information content (AvgIpc) is 3.15. The Labute approximate surface area is 175 Å². The van der Waals surface area contributed by atoms with Gasteiger partial charge in [0.25, 0.3) is 0 Å². The molecule has 0 unspecified atom stereocenters. The Bertz CT molecular complexity index is 887. The summed E-state index contributed by atoms with van der Waals surface area (Å²) in [6, 6.07) is 4.58. The Morgan fingerprint density at radius 3 is 2.67 bits per heavy atom. The molecule has 2 aromatic rings. The number of piperidine rings is 1. The van der Waals surface area contributed by atoms with Crippen LogP contribution in [0.4, 0.5) is 4.39 Å². The molecule has 30 heavy (non-hydrogen) atoms. The van der Waals surface area contributed by atoms with Gasteiger partial charge >= 0.3 is 0 Å². The van der Waals surface area contributed by atoms with E-state index in [0.29, 0.717) is 44.3 Å². The van der Waals surface area contributed by atoms with Crippen LogP contribution < -0.4 is 4.74 Å². The lowest BCUT2D eigenvalue weighted by atomic mass is 9.95. The third kappa shape index (κ3) is 4.49. The number of carbonyl (C=O) groups excluding carboxylic acids is 1. The number of amides is 1. The van der Waals surface area contributed by atoms with E-state index in [4.69, 9.17) is 13.9 Å². The van der Waals surface area contributed by atoms with Crippen LogP contribution >= 0.6 is 0 Å². The molecule has 162 valence electrons. The molecule has 2 saturated heterocycles. The number of carbonyl (C=O) groups is 1. The second-order valence-corrected chi connectivity index (χ2v) is 7.86. The van der Waals surface area contributed by atoms with Crippen molar-refractivity contribution in [1.82, 2.24) is 14.8 Å². The number of aryl methyl sites for hydroxylation is 1. The molecule has 8 heteroatoms. The molecule has 2 aliphatic heterocycles. The zero-order chi connectivity index (χ0) is 21.1. The van der Waals surface area contributed by atoms with Gasteiger partial charge in [-0.1, -0.05) is 0 Å². The van der Waals surface area contributed by atoms with Crippen molar-refractivity contribution in [1.29, 1.82) is 0 Å². The van der Waals surface area contributed by atoms with Gasteiger partial charge in [0.2, 0.25) is 11.8 Å². The van der Waals surface area contributed by atoms with Crippen molar-refractivity contribution in [3.8, 4) is 17.2 Å². The van der Waals surface area contributed by atoms with E-state index < -0.39 is 5.82 Å². The van der Waals surface area contributed by atoms with Crippen molar-refractivity contribution in [3.05, 3.63) is 35.5 Å². The molecule has 2 aliphatic rings. The Morgan fingerprint density at radius 2 is 1.97 bits per heavy atom. The van der Waals surface area contributed by atoms with Gasteiger partial charge in [-0.05, 0) is 51.1 Å². The number of likely N-dealkylation sites (tertiary alicyclic amines) is 1. The molecule has 1 amide bonds. The fraction of sp³-hybridized carbons (Fsp3) is 0.545. The first-order valence-corrected chi connectivity index (χ1v) is 10.4. The lowest BCUT2D eigenvalue weighted by Crippen LogP contribution is -2.46. The highest BCUT2D eigenvalue weighted by Crippen LogP contribution is 2.28. The largest absolute Gasteiger partial charge is 0.494 e. The molecule has 0 saturated carbocycles. The van der Waals surface area contributed by atoms with Crippen LogP contribution in [0, 0.1) is 18.7 Å². The number of rotatable bonds is 5. The Morgan fingerprint density at radius 1 is 1.23 bits per heavy atom. The minimum Gasteiger partial charge on any atom is -0.494 e. The number of hydrogen-bond donors (Lipinski definition) is 0. The topological polar surface area (TPSA) is 68.0 Å². The lowest BCUT2D eigenvalue weighted by molar-refractivity contribution is -0.141. The maximum atomic E-state index is 13.7. The summed E-state index contributed by atoms with van der Waals surface area (Å²) < 4.78 is 29.9. The maximum Gasteiger partial charge on any atom is 0.226 e. The number of ether oxygens (including phenoxy) is 2. The van der Waals surface area contributed by atoms with Gasteiger partial charge in [-0.3, -0.25) is 9.69 Å². The SMILES string of the molecule is COc1cc(-c2nc(CN3CCC(C(=O)N4CCOCC4)CC3)c(C)o2)ccc1F. The third-order valence-electron chi connectivity index (χ3n) is 5.92. The van der Waals surface area contributed by atoms with E-state index in [-0.39, 0.29) is 17.6 Å². The highest BCUT2D eigenvalue weighted by atomic mass is 19.1. The highest BCUT2D eigenvalue weighted by molar-refractivity contribution is 5.79. The summed E-state index contributed by atoms with van der Waals surface area (Å²) in [6.07, 6.45) is 1.71. The molecule has 1 aromatic heterocycles. The van der Waals surface area contributed by atoms with Crippen LogP contribution in [0.25, 0.3) is 11.5 Å². The number of hydrogen-bond acceptors (Lipinski definition) is 6. The molecule has 0 spiro atoms. The van der Waals surface area contributed by atoms with E-state index >= 15 is 0 Å². The molecule has 0 aliphatic carbocycles. The van der Waals surface area contributed by atoms with Crippen LogP contribution in [-0.2, 0) is 16.1 Å². The molecular weight excluding hydrogens is 389 g/mol. The smallest absolute Gasteiger partial charge is 0.226 e. The minimum absolute atomic E-state index is 0.0972. The molecule has 0 N–H and O–H groups in total. The normalized spacial score (nSPS) is 18.6. The van der Waals surface area contributed by atoms with Crippen molar-refractivity contribution in [3.63, 3.8) is 0 Å². The van der Waals surface area contributed by atoms with Gasteiger partial charge in [-0.2, -0.15) is 0 Å². The van der Waals surface area contributed by atoms with E-state index in [0.717, 1.165) is 37.4 Å². The second kappa shape index (κ2) is 9.14. The van der Waals surface area contributed by atoms with Gasteiger partial charge in [0.05, 0.1) is 26.0 Å². The van der Waals surface area contributed by atoms with E-state index in [2.05, 4.69) is 9.88 Å². The molecule has 0 bridgehead atoms. The van der Waals surface area contributed by atoms with Crippen LogP contribution in [-0.4, -0.2) is 67.2 Å². The number of halogens is 1. The molecule has 4 rings (SSSR count). The molecule has 3 heterocycles. The van der Waals surface area contributed by atoms with Gasteiger partial charge in [-0.25, -0.2) is 9.37 Å². The van der Waals surface area contributed by atoms with Crippen LogP contribution in [0.15, 0.2) is 22.6 Å². The molecule has 2 fully saturated rings. The molecular formula is C22H28FN3O4. The van der Waals surface area contributed by atoms with Crippen LogP contribution in [0.2, 0.25) is 0 Å². The molecule has 7 nitrogen and oxygen atoms in total. The molecule has 1 aromatic carbocycles.